The van der Waals surface area contributed by atoms with E-state index in [-0.39, 0.29) is 11.7 Å². The number of carbonyl (C=O) groups excluding carboxylic acids is 1. The third kappa shape index (κ3) is 2.53. The van der Waals surface area contributed by atoms with Crippen LogP contribution in [0.15, 0.2) is 23.9 Å². The molecular formula is C13H14N2O3S. The Morgan fingerprint density at radius 3 is 2.79 bits per heavy atom. The average molecular weight is 278 g/mol. The molecule has 1 aromatic rings. The molecule has 1 aromatic carbocycles. The number of benzene rings is 1. The fraction of sp³-hybridized carbons (Fsp3) is 0.231. The third-order valence-corrected chi connectivity index (χ3v) is 3.11. The molecule has 5 nitrogen and oxygen atoms in total. The molecule has 1 amide bonds. The molecule has 1 aliphatic rings. The Morgan fingerprint density at radius 2 is 2.26 bits per heavy atom. The van der Waals surface area contributed by atoms with E-state index < -0.39 is 0 Å². The zero-order valence-corrected chi connectivity index (χ0v) is 11.5. The van der Waals surface area contributed by atoms with Crippen molar-refractivity contribution in [2.45, 2.75) is 6.92 Å². The molecular weight excluding hydrogens is 264 g/mol. The summed E-state index contributed by atoms with van der Waals surface area (Å²) in [7, 11) is 1.48. The normalized spacial score (nSPS) is 16.9. The van der Waals surface area contributed by atoms with Gasteiger partial charge in [-0.25, -0.2) is 0 Å². The molecule has 0 radical (unpaired) electrons. The quantitative estimate of drug-likeness (QED) is 0.648. The van der Waals surface area contributed by atoms with E-state index in [0.29, 0.717) is 28.7 Å². The molecule has 0 saturated carbocycles. The van der Waals surface area contributed by atoms with Crippen molar-refractivity contribution in [2.24, 2.45) is 0 Å². The molecule has 0 bridgehead atoms. The number of thiocarbonyl (C=S) groups is 1. The van der Waals surface area contributed by atoms with Crippen LogP contribution in [0.5, 0.6) is 11.5 Å². The van der Waals surface area contributed by atoms with Crippen molar-refractivity contribution in [2.75, 3.05) is 13.7 Å². The second kappa shape index (κ2) is 5.27. The molecule has 19 heavy (non-hydrogen) atoms. The summed E-state index contributed by atoms with van der Waals surface area (Å²) in [5.74, 6) is 0.249. The Balaban J connectivity index is 2.30. The van der Waals surface area contributed by atoms with Crippen molar-refractivity contribution in [3.8, 4) is 11.5 Å². The number of likely N-dealkylation sites (N-methyl/N-ethyl adjacent to an activating group) is 1. The Bertz CT molecular complexity index is 569. The minimum Gasteiger partial charge on any atom is -0.504 e. The number of ether oxygens (including phenoxy) is 1. The number of hydrogen-bond donors (Lipinski definition) is 2. The number of carbonyl (C=O) groups is 1. The molecule has 1 heterocycles. The highest BCUT2D eigenvalue weighted by molar-refractivity contribution is 7.80. The predicted octanol–water partition coefficient (Wildman–Crippen LogP) is 1.48. The van der Waals surface area contributed by atoms with Crippen molar-refractivity contribution in [3.63, 3.8) is 0 Å². The van der Waals surface area contributed by atoms with Gasteiger partial charge in [-0.1, -0.05) is 6.07 Å². The molecule has 0 spiro atoms. The number of phenols is 1. The fourth-order valence-corrected chi connectivity index (χ4v) is 2.14. The number of rotatable bonds is 3. The SMILES string of the molecule is CCN1C(=O)/C(=C/c2ccc(OC)c(O)c2)NC1=S. The minimum atomic E-state index is -0.164. The van der Waals surface area contributed by atoms with E-state index >= 15 is 0 Å². The first-order valence-corrected chi connectivity index (χ1v) is 6.19. The number of amides is 1. The highest BCUT2D eigenvalue weighted by Crippen LogP contribution is 2.27. The fourth-order valence-electron chi connectivity index (χ4n) is 1.82. The van der Waals surface area contributed by atoms with Crippen LogP contribution in [-0.4, -0.2) is 34.7 Å². The number of methoxy groups -OCH3 is 1. The van der Waals surface area contributed by atoms with Crippen LogP contribution < -0.4 is 10.1 Å². The van der Waals surface area contributed by atoms with Crippen LogP contribution in [0.1, 0.15) is 12.5 Å². The van der Waals surface area contributed by atoms with Gasteiger partial charge in [0.15, 0.2) is 16.6 Å². The summed E-state index contributed by atoms with van der Waals surface area (Å²) in [6.45, 7) is 2.38. The zero-order valence-electron chi connectivity index (χ0n) is 10.6. The summed E-state index contributed by atoms with van der Waals surface area (Å²) < 4.78 is 4.96. The van der Waals surface area contributed by atoms with E-state index in [2.05, 4.69) is 5.32 Å². The van der Waals surface area contributed by atoms with E-state index in [1.807, 2.05) is 6.92 Å². The molecule has 1 aliphatic heterocycles. The smallest absolute Gasteiger partial charge is 0.276 e. The van der Waals surface area contributed by atoms with Crippen molar-refractivity contribution in [1.82, 2.24) is 10.2 Å². The maximum atomic E-state index is 12.0. The number of hydrogen-bond acceptors (Lipinski definition) is 4. The molecule has 0 unspecified atom stereocenters. The van der Waals surface area contributed by atoms with Gasteiger partial charge in [-0.05, 0) is 42.9 Å². The lowest BCUT2D eigenvalue weighted by Gasteiger charge is -2.08. The van der Waals surface area contributed by atoms with Crippen LogP contribution in [-0.2, 0) is 4.79 Å². The number of aromatic hydroxyl groups is 1. The van der Waals surface area contributed by atoms with Gasteiger partial charge < -0.3 is 15.2 Å². The van der Waals surface area contributed by atoms with Gasteiger partial charge in [0.05, 0.1) is 7.11 Å². The third-order valence-electron chi connectivity index (χ3n) is 2.79. The molecule has 2 N–H and O–H groups in total. The summed E-state index contributed by atoms with van der Waals surface area (Å²) in [5, 5.41) is 12.9. The standard InChI is InChI=1S/C13H14N2O3S/c1-3-15-12(17)9(14-13(15)19)6-8-4-5-11(18-2)10(16)7-8/h4-7,16H,3H2,1-2H3,(H,14,19)/b9-6-. The Kier molecular flexibility index (Phi) is 3.71. The largest absolute Gasteiger partial charge is 0.504 e. The molecule has 0 aliphatic carbocycles. The van der Waals surface area contributed by atoms with Gasteiger partial charge in [0.1, 0.15) is 5.70 Å². The van der Waals surface area contributed by atoms with Crippen LogP contribution in [0.25, 0.3) is 6.08 Å². The number of nitrogens with zero attached hydrogens (tertiary/aromatic N) is 1. The summed E-state index contributed by atoms with van der Waals surface area (Å²) >= 11 is 5.06. The van der Waals surface area contributed by atoms with Crippen LogP contribution >= 0.6 is 12.2 Å². The second-order valence-electron chi connectivity index (χ2n) is 3.97. The lowest BCUT2D eigenvalue weighted by molar-refractivity contribution is -0.122. The first kappa shape index (κ1) is 13.4. The topological polar surface area (TPSA) is 61.8 Å². The first-order valence-electron chi connectivity index (χ1n) is 5.78. The van der Waals surface area contributed by atoms with Gasteiger partial charge in [0.2, 0.25) is 0 Å². The maximum Gasteiger partial charge on any atom is 0.276 e. The van der Waals surface area contributed by atoms with Gasteiger partial charge in [0, 0.05) is 6.54 Å². The lowest BCUT2D eigenvalue weighted by Crippen LogP contribution is -2.30. The lowest BCUT2D eigenvalue weighted by atomic mass is 10.1. The van der Waals surface area contributed by atoms with E-state index in [9.17, 15) is 9.90 Å². The van der Waals surface area contributed by atoms with Crippen LogP contribution in [0, 0.1) is 0 Å². The maximum absolute atomic E-state index is 12.0. The summed E-state index contributed by atoms with van der Waals surface area (Å²) in [6.07, 6.45) is 1.64. The minimum absolute atomic E-state index is 0.0252. The highest BCUT2D eigenvalue weighted by atomic mass is 32.1. The first-order chi connectivity index (χ1) is 9.06. The Morgan fingerprint density at radius 1 is 1.53 bits per heavy atom. The molecule has 100 valence electrons. The van der Waals surface area contributed by atoms with Gasteiger partial charge in [-0.2, -0.15) is 0 Å². The Hall–Kier alpha value is -2.08. The highest BCUT2D eigenvalue weighted by Gasteiger charge is 2.28. The van der Waals surface area contributed by atoms with Crippen molar-refractivity contribution < 1.29 is 14.6 Å². The predicted molar refractivity (Wildman–Crippen MR) is 75.8 cm³/mol. The second-order valence-corrected chi connectivity index (χ2v) is 4.36. The summed E-state index contributed by atoms with van der Waals surface area (Å²) in [6, 6.07) is 4.91. The van der Waals surface area contributed by atoms with Crippen LogP contribution in [0.4, 0.5) is 0 Å². The van der Waals surface area contributed by atoms with Crippen LogP contribution in [0.2, 0.25) is 0 Å². The van der Waals surface area contributed by atoms with Gasteiger partial charge in [-0.15, -0.1) is 0 Å². The van der Waals surface area contributed by atoms with Gasteiger partial charge in [0.25, 0.3) is 5.91 Å². The molecule has 1 fully saturated rings. The van der Waals surface area contributed by atoms with E-state index in [1.54, 1.807) is 18.2 Å². The van der Waals surface area contributed by atoms with E-state index in [1.165, 1.54) is 18.1 Å². The van der Waals surface area contributed by atoms with Crippen molar-refractivity contribution in [3.05, 3.63) is 29.5 Å². The monoisotopic (exact) mass is 278 g/mol. The van der Waals surface area contributed by atoms with Crippen molar-refractivity contribution in [1.29, 1.82) is 0 Å². The molecule has 0 aromatic heterocycles. The number of phenolic OH excluding ortho intramolecular Hbond substituents is 1. The van der Waals surface area contributed by atoms with E-state index in [4.69, 9.17) is 17.0 Å². The molecule has 6 heteroatoms. The summed E-state index contributed by atoms with van der Waals surface area (Å²) in [4.78, 5) is 13.5. The van der Waals surface area contributed by atoms with Crippen LogP contribution in [0.3, 0.4) is 0 Å². The van der Waals surface area contributed by atoms with Gasteiger partial charge >= 0.3 is 0 Å². The molecule has 2 rings (SSSR count). The molecule has 1 saturated heterocycles. The number of nitrogens with one attached hydrogen (secondary N) is 1. The Labute approximate surface area is 116 Å². The zero-order chi connectivity index (χ0) is 14.0. The van der Waals surface area contributed by atoms with Gasteiger partial charge in [-0.3, -0.25) is 9.69 Å². The molecule has 0 atom stereocenters. The summed E-state index contributed by atoms with van der Waals surface area (Å²) in [5.41, 5.74) is 1.09. The average Bonchev–Trinajstić information content (AvgIpc) is 2.64. The van der Waals surface area contributed by atoms with Crippen molar-refractivity contribution >= 4 is 29.3 Å². The van der Waals surface area contributed by atoms with E-state index in [0.717, 1.165) is 0 Å².